The molecule has 0 aliphatic carbocycles. The van der Waals surface area contributed by atoms with Gasteiger partial charge in [0, 0.05) is 4.47 Å². The van der Waals surface area contributed by atoms with Gasteiger partial charge in [-0.05, 0) is 47.6 Å². The van der Waals surface area contributed by atoms with E-state index in [2.05, 4.69) is 26.2 Å². The third kappa shape index (κ3) is 1.67. The molecule has 0 saturated heterocycles. The Bertz CT molecular complexity index is 464. The molecule has 0 bridgehead atoms. The van der Waals surface area contributed by atoms with Crippen molar-refractivity contribution >= 4 is 27.0 Å². The Morgan fingerprint density at radius 2 is 2.29 bits per heavy atom. The molecule has 1 aromatic heterocycles. The highest BCUT2D eigenvalue weighted by molar-refractivity contribution is 9.10. The molecule has 1 aromatic carbocycles. The molecule has 0 unspecified atom stereocenters. The smallest absolute Gasteiger partial charge is 0.209 e. The Kier molecular flexibility index (Phi) is 2.56. The van der Waals surface area contributed by atoms with Gasteiger partial charge >= 0.3 is 0 Å². The fraction of sp³-hybridized carbons (Fsp3) is 0.300. The summed E-state index contributed by atoms with van der Waals surface area (Å²) in [4.78, 5) is 4.37. The molecule has 4 heteroatoms. The maximum atomic E-state index is 5.57. The van der Waals surface area contributed by atoms with Crippen LogP contribution in [0.2, 0.25) is 0 Å². The summed E-state index contributed by atoms with van der Waals surface area (Å²) in [6.45, 7) is 2.69. The number of benzene rings is 1. The minimum atomic E-state index is 0.653. The Hall–Kier alpha value is -0.870. The SMILES string of the molecule is CNCc1nc2c(Br)cc(C)cc2o1. The number of hydrogen-bond acceptors (Lipinski definition) is 3. The van der Waals surface area contributed by atoms with Gasteiger partial charge in [-0.15, -0.1) is 0 Å². The van der Waals surface area contributed by atoms with Crippen LogP contribution >= 0.6 is 15.9 Å². The largest absolute Gasteiger partial charge is 0.439 e. The molecule has 0 aliphatic heterocycles. The summed E-state index contributed by atoms with van der Waals surface area (Å²) in [6, 6.07) is 4.03. The molecule has 0 aliphatic rings. The van der Waals surface area contributed by atoms with E-state index in [-0.39, 0.29) is 0 Å². The average molecular weight is 255 g/mol. The van der Waals surface area contributed by atoms with Gasteiger partial charge in [-0.25, -0.2) is 4.98 Å². The first-order valence-electron chi connectivity index (χ1n) is 4.41. The molecule has 0 saturated carbocycles. The minimum absolute atomic E-state index is 0.653. The van der Waals surface area contributed by atoms with Crippen LogP contribution in [-0.4, -0.2) is 12.0 Å². The molecule has 14 heavy (non-hydrogen) atoms. The lowest BCUT2D eigenvalue weighted by Crippen LogP contribution is -2.04. The minimum Gasteiger partial charge on any atom is -0.439 e. The van der Waals surface area contributed by atoms with Crippen molar-refractivity contribution in [2.75, 3.05) is 7.05 Å². The van der Waals surface area contributed by atoms with Crippen molar-refractivity contribution in [2.24, 2.45) is 0 Å². The predicted molar refractivity (Wildman–Crippen MR) is 59.2 cm³/mol. The van der Waals surface area contributed by atoms with E-state index < -0.39 is 0 Å². The van der Waals surface area contributed by atoms with E-state index in [0.29, 0.717) is 12.4 Å². The van der Waals surface area contributed by atoms with Crippen molar-refractivity contribution in [1.82, 2.24) is 10.3 Å². The normalized spacial score (nSPS) is 11.1. The summed E-state index contributed by atoms with van der Waals surface area (Å²) >= 11 is 3.47. The summed E-state index contributed by atoms with van der Waals surface area (Å²) in [5.74, 6) is 0.716. The zero-order valence-electron chi connectivity index (χ0n) is 8.10. The maximum absolute atomic E-state index is 5.57. The molecular weight excluding hydrogens is 244 g/mol. The Morgan fingerprint density at radius 3 is 3.00 bits per heavy atom. The van der Waals surface area contributed by atoms with Crippen molar-refractivity contribution in [2.45, 2.75) is 13.5 Å². The number of rotatable bonds is 2. The summed E-state index contributed by atoms with van der Waals surface area (Å²) < 4.78 is 6.55. The lowest BCUT2D eigenvalue weighted by molar-refractivity contribution is 0.511. The fourth-order valence-corrected chi connectivity index (χ4v) is 2.04. The van der Waals surface area contributed by atoms with Gasteiger partial charge in [0.1, 0.15) is 5.52 Å². The van der Waals surface area contributed by atoms with Crippen LogP contribution in [0.5, 0.6) is 0 Å². The molecule has 0 amide bonds. The Morgan fingerprint density at radius 1 is 1.50 bits per heavy atom. The van der Waals surface area contributed by atoms with E-state index in [1.807, 2.05) is 26.1 Å². The van der Waals surface area contributed by atoms with Gasteiger partial charge in [0.25, 0.3) is 0 Å². The summed E-state index contributed by atoms with van der Waals surface area (Å²) in [5.41, 5.74) is 2.89. The van der Waals surface area contributed by atoms with Crippen LogP contribution in [0.4, 0.5) is 0 Å². The number of nitrogens with one attached hydrogen (secondary N) is 1. The lowest BCUT2D eigenvalue weighted by atomic mass is 10.2. The average Bonchev–Trinajstić information content (AvgIpc) is 2.48. The number of aryl methyl sites for hydroxylation is 1. The van der Waals surface area contributed by atoms with Crippen molar-refractivity contribution in [3.05, 3.63) is 28.1 Å². The Balaban J connectivity index is 2.58. The molecule has 0 radical (unpaired) electrons. The molecule has 0 spiro atoms. The van der Waals surface area contributed by atoms with Crippen LogP contribution < -0.4 is 5.32 Å². The number of halogens is 1. The van der Waals surface area contributed by atoms with E-state index >= 15 is 0 Å². The highest BCUT2D eigenvalue weighted by atomic mass is 79.9. The summed E-state index contributed by atoms with van der Waals surface area (Å²) in [7, 11) is 1.87. The van der Waals surface area contributed by atoms with Gasteiger partial charge in [-0.3, -0.25) is 0 Å². The molecule has 2 rings (SSSR count). The third-order valence-corrected chi connectivity index (χ3v) is 2.57. The van der Waals surface area contributed by atoms with Crippen molar-refractivity contribution in [3.63, 3.8) is 0 Å². The van der Waals surface area contributed by atoms with Gasteiger partial charge in [0.2, 0.25) is 5.89 Å². The topological polar surface area (TPSA) is 38.1 Å². The lowest BCUT2D eigenvalue weighted by Gasteiger charge is -1.93. The molecule has 74 valence electrons. The Labute approximate surface area is 90.6 Å². The van der Waals surface area contributed by atoms with Crippen molar-refractivity contribution in [1.29, 1.82) is 0 Å². The maximum Gasteiger partial charge on any atom is 0.209 e. The van der Waals surface area contributed by atoms with Crippen molar-refractivity contribution in [3.8, 4) is 0 Å². The number of fused-ring (bicyclic) bond motifs is 1. The van der Waals surface area contributed by atoms with E-state index in [0.717, 1.165) is 21.1 Å². The highest BCUT2D eigenvalue weighted by Crippen LogP contribution is 2.25. The molecule has 3 nitrogen and oxygen atoms in total. The van der Waals surface area contributed by atoms with E-state index in [9.17, 15) is 0 Å². The first-order chi connectivity index (χ1) is 6.70. The second kappa shape index (κ2) is 3.71. The monoisotopic (exact) mass is 254 g/mol. The van der Waals surface area contributed by atoms with Crippen LogP contribution in [0, 0.1) is 6.92 Å². The summed E-state index contributed by atoms with van der Waals surface area (Å²) in [5, 5.41) is 3.01. The zero-order chi connectivity index (χ0) is 10.1. The number of hydrogen-bond donors (Lipinski definition) is 1. The van der Waals surface area contributed by atoms with Gasteiger partial charge in [0.15, 0.2) is 5.58 Å². The first kappa shape index (κ1) is 9.68. The predicted octanol–water partition coefficient (Wildman–Crippen LogP) is 2.62. The quantitative estimate of drug-likeness (QED) is 0.896. The molecule has 0 fully saturated rings. The van der Waals surface area contributed by atoms with Crippen LogP contribution in [0.3, 0.4) is 0 Å². The van der Waals surface area contributed by atoms with E-state index in [4.69, 9.17) is 4.42 Å². The zero-order valence-corrected chi connectivity index (χ0v) is 9.68. The van der Waals surface area contributed by atoms with Crippen LogP contribution in [-0.2, 0) is 6.54 Å². The highest BCUT2D eigenvalue weighted by Gasteiger charge is 2.08. The molecule has 1 N–H and O–H groups in total. The molecular formula is C10H11BrN2O. The molecule has 0 atom stereocenters. The number of nitrogens with zero attached hydrogens (tertiary/aromatic N) is 1. The number of oxazole rings is 1. The first-order valence-corrected chi connectivity index (χ1v) is 5.20. The van der Waals surface area contributed by atoms with Gasteiger partial charge in [-0.2, -0.15) is 0 Å². The molecule has 2 aromatic rings. The van der Waals surface area contributed by atoms with E-state index in [1.165, 1.54) is 0 Å². The second-order valence-electron chi connectivity index (χ2n) is 3.23. The number of aromatic nitrogens is 1. The van der Waals surface area contributed by atoms with Crippen LogP contribution in [0.1, 0.15) is 11.5 Å². The van der Waals surface area contributed by atoms with Crippen LogP contribution in [0.15, 0.2) is 21.0 Å². The second-order valence-corrected chi connectivity index (χ2v) is 4.09. The van der Waals surface area contributed by atoms with Crippen LogP contribution in [0.25, 0.3) is 11.1 Å². The standard InChI is InChI=1S/C10H11BrN2O/c1-6-3-7(11)10-8(4-6)14-9(13-10)5-12-2/h3-4,12H,5H2,1-2H3. The fourth-order valence-electron chi connectivity index (χ4n) is 1.39. The third-order valence-electron chi connectivity index (χ3n) is 1.97. The van der Waals surface area contributed by atoms with E-state index in [1.54, 1.807) is 0 Å². The summed E-state index contributed by atoms with van der Waals surface area (Å²) in [6.07, 6.45) is 0. The van der Waals surface area contributed by atoms with Crippen molar-refractivity contribution < 1.29 is 4.42 Å². The van der Waals surface area contributed by atoms with Gasteiger partial charge in [-0.1, -0.05) is 0 Å². The molecule has 1 heterocycles. The van der Waals surface area contributed by atoms with Gasteiger partial charge in [0.05, 0.1) is 6.54 Å². The van der Waals surface area contributed by atoms with Gasteiger partial charge < -0.3 is 9.73 Å².